The average molecular weight is 325 g/mol. The topological polar surface area (TPSA) is 39.1 Å². The Bertz CT molecular complexity index is 658. The van der Waals surface area contributed by atoms with Crippen molar-refractivity contribution in [2.24, 2.45) is 0 Å². The van der Waals surface area contributed by atoms with Crippen LogP contribution in [0.2, 0.25) is 0 Å². The molecule has 2 heterocycles. The molecule has 0 spiro atoms. The van der Waals surface area contributed by atoms with Crippen LogP contribution in [0.1, 0.15) is 30.0 Å². The fourth-order valence-electron chi connectivity index (χ4n) is 2.94. The summed E-state index contributed by atoms with van der Waals surface area (Å²) in [6.45, 7) is 3.96. The molecule has 4 nitrogen and oxygen atoms in total. The van der Waals surface area contributed by atoms with Crippen LogP contribution >= 0.6 is 0 Å². The Morgan fingerprint density at radius 2 is 1.83 bits per heavy atom. The molecular weight excluding hydrogens is 307 g/mol. The van der Waals surface area contributed by atoms with Gasteiger partial charge in [0.25, 0.3) is 0 Å². The fraction of sp³-hybridized carbons (Fsp3) is 0.438. The zero-order chi connectivity index (χ0) is 16.4. The molecule has 0 bridgehead atoms. The molecule has 0 atom stereocenters. The lowest BCUT2D eigenvalue weighted by molar-refractivity contribution is -0.274. The summed E-state index contributed by atoms with van der Waals surface area (Å²) in [5.41, 5.74) is 2.89. The van der Waals surface area contributed by atoms with Gasteiger partial charge in [0, 0.05) is 6.20 Å². The molecule has 0 aliphatic carbocycles. The summed E-state index contributed by atoms with van der Waals surface area (Å²) in [6, 6.07) is 5.73. The van der Waals surface area contributed by atoms with Gasteiger partial charge in [-0.1, -0.05) is 0 Å². The van der Waals surface area contributed by atoms with Crippen molar-refractivity contribution in [1.82, 2.24) is 15.1 Å². The first-order valence-corrected chi connectivity index (χ1v) is 7.55. The van der Waals surface area contributed by atoms with Crippen LogP contribution in [0.25, 0.3) is 5.69 Å². The number of rotatable bonds is 3. The molecule has 0 amide bonds. The van der Waals surface area contributed by atoms with Crippen LogP contribution in [0.3, 0.4) is 0 Å². The van der Waals surface area contributed by atoms with Crippen LogP contribution in [-0.2, 0) is 0 Å². The van der Waals surface area contributed by atoms with Gasteiger partial charge in [-0.25, -0.2) is 4.68 Å². The van der Waals surface area contributed by atoms with E-state index in [4.69, 9.17) is 0 Å². The third-order valence-corrected chi connectivity index (χ3v) is 4.05. The first kappa shape index (κ1) is 15.9. The van der Waals surface area contributed by atoms with Crippen LogP contribution in [0.5, 0.6) is 5.75 Å². The lowest BCUT2D eigenvalue weighted by Crippen LogP contribution is -2.26. The predicted octanol–water partition coefficient (Wildman–Crippen LogP) is 3.55. The Kier molecular flexibility index (Phi) is 4.30. The number of nitrogens with zero attached hydrogens (tertiary/aromatic N) is 2. The van der Waals surface area contributed by atoms with E-state index in [1.54, 1.807) is 16.8 Å². The van der Waals surface area contributed by atoms with E-state index in [9.17, 15) is 13.2 Å². The molecule has 1 fully saturated rings. The Balaban J connectivity index is 1.79. The first-order chi connectivity index (χ1) is 10.9. The standard InChI is InChI=1S/C16H18F3N3O/c1-11-15(12-6-8-20-9-7-12)10-22(21-11)13-2-4-14(5-3-13)23-16(17,18)19/h2-5,10,12,20H,6-9H2,1H3. The van der Waals surface area contributed by atoms with Gasteiger partial charge >= 0.3 is 6.36 Å². The minimum absolute atomic E-state index is 0.233. The summed E-state index contributed by atoms with van der Waals surface area (Å²) in [4.78, 5) is 0. The van der Waals surface area contributed by atoms with Crippen LogP contribution in [0.4, 0.5) is 13.2 Å². The lowest BCUT2D eigenvalue weighted by Gasteiger charge is -2.21. The van der Waals surface area contributed by atoms with Gasteiger partial charge in [-0.15, -0.1) is 13.2 Å². The fourth-order valence-corrected chi connectivity index (χ4v) is 2.94. The van der Waals surface area contributed by atoms with E-state index in [0.29, 0.717) is 11.6 Å². The van der Waals surface area contributed by atoms with Crippen molar-refractivity contribution < 1.29 is 17.9 Å². The normalized spacial score (nSPS) is 16.5. The zero-order valence-electron chi connectivity index (χ0n) is 12.7. The smallest absolute Gasteiger partial charge is 0.406 e. The molecule has 0 radical (unpaired) electrons. The summed E-state index contributed by atoms with van der Waals surface area (Å²) < 4.78 is 42.1. The predicted molar refractivity (Wildman–Crippen MR) is 79.8 cm³/mol. The van der Waals surface area contributed by atoms with Gasteiger partial charge in [0.15, 0.2) is 0 Å². The molecule has 3 rings (SSSR count). The average Bonchev–Trinajstić information content (AvgIpc) is 2.89. The molecule has 1 aromatic carbocycles. The minimum Gasteiger partial charge on any atom is -0.406 e. The summed E-state index contributed by atoms with van der Waals surface area (Å²) in [5.74, 6) is 0.251. The largest absolute Gasteiger partial charge is 0.573 e. The highest BCUT2D eigenvalue weighted by Crippen LogP contribution is 2.29. The van der Waals surface area contributed by atoms with E-state index in [1.807, 2.05) is 13.1 Å². The van der Waals surface area contributed by atoms with E-state index in [2.05, 4.69) is 15.2 Å². The minimum atomic E-state index is -4.67. The van der Waals surface area contributed by atoms with Crippen molar-refractivity contribution in [3.05, 3.63) is 41.7 Å². The third-order valence-electron chi connectivity index (χ3n) is 4.05. The van der Waals surface area contributed by atoms with E-state index >= 15 is 0 Å². The molecule has 1 saturated heterocycles. The van der Waals surface area contributed by atoms with Crippen molar-refractivity contribution in [2.75, 3.05) is 13.1 Å². The second kappa shape index (κ2) is 6.23. The molecule has 0 unspecified atom stereocenters. The molecule has 124 valence electrons. The third kappa shape index (κ3) is 3.85. The number of aromatic nitrogens is 2. The molecule has 1 aliphatic rings. The maximum absolute atomic E-state index is 12.2. The number of nitrogens with one attached hydrogen (secondary N) is 1. The van der Waals surface area contributed by atoms with Gasteiger partial charge < -0.3 is 10.1 Å². The van der Waals surface area contributed by atoms with E-state index in [1.165, 1.54) is 17.7 Å². The molecular formula is C16H18F3N3O. The first-order valence-electron chi connectivity index (χ1n) is 7.55. The Hall–Kier alpha value is -2.02. The van der Waals surface area contributed by atoms with Crippen molar-refractivity contribution in [2.45, 2.75) is 32.0 Å². The number of alkyl halides is 3. The van der Waals surface area contributed by atoms with Crippen LogP contribution < -0.4 is 10.1 Å². The van der Waals surface area contributed by atoms with Crippen LogP contribution in [0, 0.1) is 6.92 Å². The molecule has 7 heteroatoms. The molecule has 1 N–H and O–H groups in total. The highest BCUT2D eigenvalue weighted by atomic mass is 19.4. The number of ether oxygens (including phenoxy) is 1. The van der Waals surface area contributed by atoms with Crippen molar-refractivity contribution >= 4 is 0 Å². The lowest BCUT2D eigenvalue weighted by atomic mass is 9.91. The zero-order valence-corrected chi connectivity index (χ0v) is 12.7. The van der Waals surface area contributed by atoms with Crippen molar-refractivity contribution in [3.8, 4) is 11.4 Å². The van der Waals surface area contributed by atoms with E-state index in [0.717, 1.165) is 31.6 Å². The maximum atomic E-state index is 12.2. The van der Waals surface area contributed by atoms with Crippen LogP contribution in [-0.4, -0.2) is 29.2 Å². The number of benzene rings is 1. The molecule has 0 saturated carbocycles. The SMILES string of the molecule is Cc1nn(-c2ccc(OC(F)(F)F)cc2)cc1C1CCNCC1. The summed E-state index contributed by atoms with van der Waals surface area (Å²) in [6.07, 6.45) is -0.549. The number of piperidine rings is 1. The summed E-state index contributed by atoms with van der Waals surface area (Å²) >= 11 is 0. The van der Waals surface area contributed by atoms with Gasteiger partial charge in [-0.05, 0) is 68.6 Å². The summed E-state index contributed by atoms with van der Waals surface area (Å²) in [5, 5.41) is 7.83. The van der Waals surface area contributed by atoms with Gasteiger partial charge in [-0.3, -0.25) is 0 Å². The quantitative estimate of drug-likeness (QED) is 0.938. The highest BCUT2D eigenvalue weighted by Gasteiger charge is 2.31. The molecule has 2 aromatic rings. The second-order valence-electron chi connectivity index (χ2n) is 5.68. The van der Waals surface area contributed by atoms with Crippen molar-refractivity contribution in [1.29, 1.82) is 0 Å². The van der Waals surface area contributed by atoms with Gasteiger partial charge in [0.2, 0.25) is 0 Å². The van der Waals surface area contributed by atoms with Crippen molar-refractivity contribution in [3.63, 3.8) is 0 Å². The van der Waals surface area contributed by atoms with Gasteiger partial charge in [-0.2, -0.15) is 5.10 Å². The monoisotopic (exact) mass is 325 g/mol. The number of halogens is 3. The summed E-state index contributed by atoms with van der Waals surface area (Å²) in [7, 11) is 0. The Labute approximate surface area is 132 Å². The Morgan fingerprint density at radius 1 is 1.17 bits per heavy atom. The van der Waals surface area contributed by atoms with Crippen LogP contribution in [0.15, 0.2) is 30.5 Å². The Morgan fingerprint density at radius 3 is 2.43 bits per heavy atom. The number of hydrogen-bond donors (Lipinski definition) is 1. The van der Waals surface area contributed by atoms with E-state index in [-0.39, 0.29) is 5.75 Å². The number of hydrogen-bond acceptors (Lipinski definition) is 3. The van der Waals surface area contributed by atoms with Gasteiger partial charge in [0.05, 0.1) is 11.4 Å². The number of aryl methyl sites for hydroxylation is 1. The highest BCUT2D eigenvalue weighted by molar-refractivity contribution is 5.38. The molecule has 1 aromatic heterocycles. The second-order valence-corrected chi connectivity index (χ2v) is 5.68. The van der Waals surface area contributed by atoms with E-state index < -0.39 is 6.36 Å². The molecule has 23 heavy (non-hydrogen) atoms. The van der Waals surface area contributed by atoms with Gasteiger partial charge in [0.1, 0.15) is 5.75 Å². The molecule has 1 aliphatic heterocycles. The maximum Gasteiger partial charge on any atom is 0.573 e.